The van der Waals surface area contributed by atoms with Crippen molar-refractivity contribution in [2.24, 2.45) is 0 Å². The first-order chi connectivity index (χ1) is 39.7. The number of thiophene rings is 3. The van der Waals surface area contributed by atoms with Crippen LogP contribution in [0.2, 0.25) is 0 Å². The van der Waals surface area contributed by atoms with E-state index in [1.807, 2.05) is 82.8 Å². The second-order valence-corrected chi connectivity index (χ2v) is 23.4. The Balaban J connectivity index is 0. The number of rotatable bonds is 22. The smallest absolute Gasteiger partial charge is 0.762 e. The van der Waals surface area contributed by atoms with Crippen LogP contribution in [0.4, 0.5) is 25.9 Å². The first-order valence-corrected chi connectivity index (χ1v) is 31.7. The molecular formula is C62H75B3F8N6O3PRuS3-2. The van der Waals surface area contributed by atoms with Crippen LogP contribution in [0.5, 0.6) is 0 Å². The van der Waals surface area contributed by atoms with Crippen LogP contribution < -0.4 is 14.7 Å². The Morgan fingerprint density at radius 1 is 0.471 bits per heavy atom. The molecule has 87 heavy (non-hydrogen) atoms. The van der Waals surface area contributed by atoms with Crippen LogP contribution in [-0.4, -0.2) is 63.2 Å². The van der Waals surface area contributed by atoms with Gasteiger partial charge in [0.25, 0.3) is 0 Å². The Morgan fingerprint density at radius 3 is 1.15 bits per heavy atom. The molecule has 0 saturated carbocycles. The minimum absolute atomic E-state index is 0. The number of halogens is 8. The number of pyridine rings is 6. The monoisotopic (exact) mass is 1370 g/mol. The van der Waals surface area contributed by atoms with Gasteiger partial charge in [-0.05, 0) is 139 Å². The SMILES string of the molecule is C.CCC.CCCCCCCCc1c(-c2cccs2)sc(-c2ccc(-c3cc(-c4ccccn4)nc(-c4ccccn4)c3)s2)c1CCCCCCCC.FB(F)F.FB(F)F.O=P(O)(O)c1cc(-c2ccccn2)nc(-c2ccccn2)c1.[2HH].[B].[F-].[F-].[Ru]. The van der Waals surface area contributed by atoms with E-state index in [2.05, 4.69) is 94.4 Å². The van der Waals surface area contributed by atoms with Crippen molar-refractivity contribution in [2.75, 3.05) is 0 Å². The number of hydrogen-bond acceptors (Lipinski definition) is 10. The maximum Gasteiger partial charge on any atom is 0.762 e. The molecule has 0 unspecified atom stereocenters. The van der Waals surface area contributed by atoms with Crippen molar-refractivity contribution in [3.8, 4) is 75.5 Å². The molecule has 0 aliphatic carbocycles. The second kappa shape index (κ2) is 44.8. The van der Waals surface area contributed by atoms with Gasteiger partial charge in [-0.15, -0.1) is 34.0 Å². The van der Waals surface area contributed by atoms with Crippen LogP contribution in [0.25, 0.3) is 75.5 Å². The molecule has 9 aromatic rings. The molecule has 9 nitrogen and oxygen atoms in total. The summed E-state index contributed by atoms with van der Waals surface area (Å²) in [5, 5.41) is 2.13. The van der Waals surface area contributed by atoms with E-state index in [1.54, 1.807) is 59.9 Å². The van der Waals surface area contributed by atoms with E-state index in [-0.39, 0.29) is 51.5 Å². The molecule has 0 atom stereocenters. The van der Waals surface area contributed by atoms with E-state index in [1.165, 1.54) is 133 Å². The number of hydrogen-bond donors (Lipinski definition) is 2. The summed E-state index contributed by atoms with van der Waals surface area (Å²) in [6, 6.07) is 38.9. The van der Waals surface area contributed by atoms with E-state index in [9.17, 15) is 40.2 Å². The molecule has 0 amide bonds. The maximum atomic E-state index is 11.6. The Bertz CT molecular complexity index is 3140. The summed E-state index contributed by atoms with van der Waals surface area (Å²) < 4.78 is 69.6. The van der Waals surface area contributed by atoms with Gasteiger partial charge in [0, 0.05) is 78.5 Å². The van der Waals surface area contributed by atoms with Crippen LogP contribution in [0.15, 0.2) is 151 Å². The third-order valence-electron chi connectivity index (χ3n) is 12.2. The van der Waals surface area contributed by atoms with E-state index in [0.29, 0.717) is 22.8 Å². The quantitative estimate of drug-likeness (QED) is 0.0294. The first-order valence-electron chi connectivity index (χ1n) is 27.6. The minimum Gasteiger partial charge on any atom is -1.00 e. The van der Waals surface area contributed by atoms with Crippen LogP contribution in [0.3, 0.4) is 0 Å². The molecule has 0 bridgehead atoms. The van der Waals surface area contributed by atoms with Gasteiger partial charge in [-0.25, -0.2) is 9.97 Å². The van der Waals surface area contributed by atoms with E-state index < -0.39 is 22.7 Å². The molecule has 0 aromatic carbocycles. The molecule has 2 N–H and O–H groups in total. The third-order valence-corrected chi connectivity index (χ3v) is 16.8. The van der Waals surface area contributed by atoms with Gasteiger partial charge >= 0.3 is 22.7 Å². The zero-order valence-electron chi connectivity index (χ0n) is 48.3. The summed E-state index contributed by atoms with van der Waals surface area (Å²) in [5.41, 5.74) is 9.74. The zero-order valence-corrected chi connectivity index (χ0v) is 53.4. The fourth-order valence-corrected chi connectivity index (χ4v) is 12.5. The van der Waals surface area contributed by atoms with Gasteiger partial charge in [0.15, 0.2) is 0 Å². The summed E-state index contributed by atoms with van der Waals surface area (Å²) >= 11 is 5.84. The molecule has 0 spiro atoms. The zero-order chi connectivity index (χ0) is 59.1. The van der Waals surface area contributed by atoms with Crippen molar-refractivity contribution < 1.29 is 70.6 Å². The van der Waals surface area contributed by atoms with E-state index in [0.717, 1.165) is 28.3 Å². The van der Waals surface area contributed by atoms with Gasteiger partial charge in [-0.3, -0.25) is 50.4 Å². The standard InChI is InChI=1S/C43H49N3S3.C15H12N3O3P.C3H8.CH4.2BF3.B.2FH.Ru.H2/c1-3-5-7-9-11-13-20-33-34(21-14-12-10-8-6-4-2)43(49-42(33)40-24-19-29-47-40)41-26-25-39(48-41)32-30-37(35-22-15-17-27-44-35)46-38(31-32)36-23-16-18-28-45-36;19-22(20,21)11-9-14(12-5-1-3-7-16-12)18-15(10-11)13-6-2-4-8-17-13;1-3-2;;2*2-1(3)4;;;;;/h15-19,22-31H,3-14,20-21H2,1-2H3;1-10H,(H2,19,20,21);3H2,1-2H3;1H4;;;;2*1H;;1H/p-2/i;;;;;;;;;;1+1. The molecule has 3 radical (unpaired) electrons. The molecule has 0 aliphatic heterocycles. The fraction of sp³-hybridized carbons (Fsp3) is 0.323. The molecule has 0 fully saturated rings. The van der Waals surface area contributed by atoms with Crippen molar-refractivity contribution in [3.05, 3.63) is 163 Å². The summed E-state index contributed by atoms with van der Waals surface area (Å²) in [6.45, 7) is 8.86. The molecule has 0 aliphatic rings. The van der Waals surface area contributed by atoms with Gasteiger partial charge in [0.05, 0.1) is 50.9 Å². The number of aromatic nitrogens is 6. The predicted molar refractivity (Wildman–Crippen MR) is 346 cm³/mol. The van der Waals surface area contributed by atoms with Gasteiger partial charge < -0.3 is 19.2 Å². The summed E-state index contributed by atoms with van der Waals surface area (Å²) in [5.74, 6) is 0. The molecule has 9 heterocycles. The van der Waals surface area contributed by atoms with Gasteiger partial charge in [-0.1, -0.05) is 136 Å². The molecule has 469 valence electrons. The average molecular weight is 1370 g/mol. The van der Waals surface area contributed by atoms with Crippen molar-refractivity contribution >= 4 is 70.4 Å². The molecule has 0 saturated heterocycles. The predicted octanol–water partition coefficient (Wildman–Crippen LogP) is 13.9. The van der Waals surface area contributed by atoms with Crippen LogP contribution in [0, 0.1) is 0 Å². The van der Waals surface area contributed by atoms with Crippen LogP contribution >= 0.6 is 41.6 Å². The third kappa shape index (κ3) is 28.2. The van der Waals surface area contributed by atoms with Crippen LogP contribution in [0.1, 0.15) is 131 Å². The van der Waals surface area contributed by atoms with Gasteiger partial charge in [0.2, 0.25) is 0 Å². The molecule has 9 aromatic heterocycles. The summed E-state index contributed by atoms with van der Waals surface area (Å²) in [7, 11) is -11.7. The van der Waals surface area contributed by atoms with Crippen molar-refractivity contribution in [2.45, 2.75) is 131 Å². The van der Waals surface area contributed by atoms with Crippen LogP contribution in [-0.2, 0) is 36.9 Å². The Kier molecular flexibility index (Phi) is 41.9. The topological polar surface area (TPSA) is 135 Å². The van der Waals surface area contributed by atoms with Gasteiger partial charge in [-0.2, -0.15) is 0 Å². The van der Waals surface area contributed by atoms with E-state index in [4.69, 9.17) is 4.98 Å². The van der Waals surface area contributed by atoms with E-state index >= 15 is 0 Å². The molecule has 25 heteroatoms. The Morgan fingerprint density at radius 2 is 0.816 bits per heavy atom. The minimum atomic E-state index is -4.41. The Labute approximate surface area is 537 Å². The number of nitrogens with zero attached hydrogens (tertiary/aromatic N) is 6. The summed E-state index contributed by atoms with van der Waals surface area (Å²) in [6.07, 6.45) is 26.4. The van der Waals surface area contributed by atoms with Crippen molar-refractivity contribution in [3.63, 3.8) is 0 Å². The maximum absolute atomic E-state index is 11.6. The van der Waals surface area contributed by atoms with Crippen molar-refractivity contribution in [1.82, 2.24) is 29.9 Å². The number of unbranched alkanes of at least 4 members (excludes halogenated alkanes) is 10. The molecule has 9 rings (SSSR count). The normalized spacial score (nSPS) is 10.1. The average Bonchev–Trinajstić information content (AvgIpc) is 3.18. The van der Waals surface area contributed by atoms with Crippen molar-refractivity contribution in [1.29, 1.82) is 0 Å². The summed E-state index contributed by atoms with van der Waals surface area (Å²) in [4.78, 5) is 53.1. The molecular weight excluding hydrogens is 1290 g/mol. The second-order valence-electron chi connectivity index (χ2n) is 18.7. The van der Waals surface area contributed by atoms with Gasteiger partial charge in [0.1, 0.15) is 0 Å². The fourth-order valence-electron chi connectivity index (χ4n) is 8.55. The Hall–Kier alpha value is -5.59. The first kappa shape index (κ1) is 81.4. The largest absolute Gasteiger partial charge is 1.00 e.